The molecule has 4 nitrogen and oxygen atoms in total. The Labute approximate surface area is 156 Å². The molecule has 0 saturated carbocycles. The van der Waals surface area contributed by atoms with Crippen molar-refractivity contribution in [1.82, 2.24) is 0 Å². The number of thioether (sulfide) groups is 1. The molecule has 0 aromatic heterocycles. The third-order valence-electron chi connectivity index (χ3n) is 3.70. The maximum Gasteiger partial charge on any atom is 0.344 e. The van der Waals surface area contributed by atoms with Crippen molar-refractivity contribution in [3.8, 4) is 0 Å². The van der Waals surface area contributed by atoms with E-state index in [0.717, 1.165) is 16.8 Å². The van der Waals surface area contributed by atoms with Gasteiger partial charge in [0.05, 0.1) is 17.2 Å². The van der Waals surface area contributed by atoms with Crippen LogP contribution in [-0.4, -0.2) is 22.7 Å². The van der Waals surface area contributed by atoms with Crippen molar-refractivity contribution in [2.45, 2.75) is 13.8 Å². The second-order valence-corrected chi connectivity index (χ2v) is 6.75. The van der Waals surface area contributed by atoms with Crippen molar-refractivity contribution < 1.29 is 14.6 Å². The molecule has 132 valence electrons. The highest BCUT2D eigenvalue weighted by molar-refractivity contribution is 8.18. The van der Waals surface area contributed by atoms with Gasteiger partial charge < -0.3 is 9.84 Å². The number of carbonyl (C=O) groups excluding carboxylic acids is 1. The molecule has 1 N–H and O–H groups in total. The molecule has 1 aliphatic rings. The van der Waals surface area contributed by atoms with Gasteiger partial charge in [-0.1, -0.05) is 54.2 Å². The van der Waals surface area contributed by atoms with Crippen molar-refractivity contribution in [2.24, 2.45) is 4.99 Å². The van der Waals surface area contributed by atoms with Gasteiger partial charge in [-0.2, -0.15) is 0 Å². The van der Waals surface area contributed by atoms with Gasteiger partial charge in [0.15, 0.2) is 0 Å². The molecule has 2 aromatic carbocycles. The monoisotopic (exact) mass is 365 g/mol. The zero-order valence-corrected chi connectivity index (χ0v) is 15.4. The first-order valence-corrected chi connectivity index (χ1v) is 9.11. The number of hydrogen-bond acceptors (Lipinski definition) is 5. The molecule has 0 aliphatic carbocycles. The van der Waals surface area contributed by atoms with E-state index in [1.807, 2.05) is 67.6 Å². The smallest absolute Gasteiger partial charge is 0.344 e. The van der Waals surface area contributed by atoms with E-state index in [-0.39, 0.29) is 17.9 Å². The second kappa shape index (κ2) is 8.06. The van der Waals surface area contributed by atoms with Gasteiger partial charge >= 0.3 is 5.97 Å². The first-order valence-electron chi connectivity index (χ1n) is 8.29. The van der Waals surface area contributed by atoms with Gasteiger partial charge in [0.2, 0.25) is 0 Å². The number of nitrogens with zero attached hydrogens (tertiary/aromatic N) is 1. The summed E-state index contributed by atoms with van der Waals surface area (Å²) in [5.74, 6) is -0.663. The van der Waals surface area contributed by atoms with E-state index in [1.165, 1.54) is 11.8 Å². The molecule has 0 spiro atoms. The third kappa shape index (κ3) is 4.06. The van der Waals surface area contributed by atoms with Crippen molar-refractivity contribution in [1.29, 1.82) is 0 Å². The van der Waals surface area contributed by atoms with Crippen LogP contribution in [0.25, 0.3) is 6.08 Å². The predicted octanol–water partition coefficient (Wildman–Crippen LogP) is 5.19. The van der Waals surface area contributed by atoms with Crippen LogP contribution in [0.15, 0.2) is 75.8 Å². The van der Waals surface area contributed by atoms with E-state index in [4.69, 9.17) is 4.74 Å². The Kier molecular flexibility index (Phi) is 5.58. The van der Waals surface area contributed by atoms with Gasteiger partial charge in [-0.3, -0.25) is 0 Å². The lowest BCUT2D eigenvalue weighted by atomic mass is 10.1. The summed E-state index contributed by atoms with van der Waals surface area (Å²) in [7, 11) is 0. The summed E-state index contributed by atoms with van der Waals surface area (Å²) in [5.41, 5.74) is 2.84. The Morgan fingerprint density at radius 2 is 1.96 bits per heavy atom. The van der Waals surface area contributed by atoms with Gasteiger partial charge in [-0.15, -0.1) is 0 Å². The number of rotatable bonds is 4. The van der Waals surface area contributed by atoms with Crippen LogP contribution in [0.3, 0.4) is 0 Å². The summed E-state index contributed by atoms with van der Waals surface area (Å²) in [6, 6.07) is 17.3. The van der Waals surface area contributed by atoms with E-state index >= 15 is 0 Å². The highest BCUT2D eigenvalue weighted by Gasteiger charge is 2.33. The van der Waals surface area contributed by atoms with Crippen molar-refractivity contribution in [2.75, 3.05) is 6.61 Å². The van der Waals surface area contributed by atoms with E-state index in [2.05, 4.69) is 4.99 Å². The molecular formula is C21H19NO3S. The summed E-state index contributed by atoms with van der Waals surface area (Å²) in [4.78, 5) is 17.5. The standard InChI is InChI=1S/C21H19NO3S/c1-3-25-21(24)18-19(23)17(13-15-9-5-4-6-10-15)26-20(18)22-16-11-7-8-14(2)12-16/h4-13,23H,3H2,1-2H3. The Bertz CT molecular complexity index is 914. The number of carbonyl (C=O) groups is 1. The van der Waals surface area contributed by atoms with Crippen LogP contribution in [0.5, 0.6) is 0 Å². The van der Waals surface area contributed by atoms with Crippen LogP contribution in [-0.2, 0) is 9.53 Å². The average Bonchev–Trinajstić information content (AvgIpc) is 2.91. The number of aliphatic hydroxyl groups is 1. The minimum absolute atomic E-state index is 0.0938. The van der Waals surface area contributed by atoms with E-state index < -0.39 is 5.97 Å². The largest absolute Gasteiger partial charge is 0.506 e. The zero-order chi connectivity index (χ0) is 18.5. The molecule has 0 radical (unpaired) electrons. The van der Waals surface area contributed by atoms with Crippen molar-refractivity contribution in [3.05, 3.63) is 82.0 Å². The van der Waals surface area contributed by atoms with Gasteiger partial charge in [0.1, 0.15) is 16.4 Å². The summed E-state index contributed by atoms with van der Waals surface area (Å²) < 4.78 is 5.11. The number of ether oxygens (including phenoxy) is 1. The molecule has 5 heteroatoms. The Morgan fingerprint density at radius 1 is 1.19 bits per heavy atom. The maximum absolute atomic E-state index is 12.4. The van der Waals surface area contributed by atoms with E-state index in [1.54, 1.807) is 6.92 Å². The molecule has 0 fully saturated rings. The van der Waals surface area contributed by atoms with Crippen molar-refractivity contribution >= 4 is 34.5 Å². The van der Waals surface area contributed by atoms with E-state index in [9.17, 15) is 9.90 Å². The Morgan fingerprint density at radius 3 is 2.65 bits per heavy atom. The molecule has 0 unspecified atom stereocenters. The normalized spacial score (nSPS) is 17.2. The fourth-order valence-electron chi connectivity index (χ4n) is 2.51. The van der Waals surface area contributed by atoms with Crippen LogP contribution < -0.4 is 0 Å². The van der Waals surface area contributed by atoms with Crippen LogP contribution in [0.2, 0.25) is 0 Å². The van der Waals surface area contributed by atoms with Gasteiger partial charge in [0, 0.05) is 0 Å². The highest BCUT2D eigenvalue weighted by atomic mass is 32.2. The van der Waals surface area contributed by atoms with Crippen LogP contribution in [0, 0.1) is 6.92 Å². The lowest BCUT2D eigenvalue weighted by molar-refractivity contribution is -0.138. The number of hydrogen-bond donors (Lipinski definition) is 1. The predicted molar refractivity (Wildman–Crippen MR) is 107 cm³/mol. The molecule has 2 aromatic rings. The van der Waals surface area contributed by atoms with Gasteiger partial charge in [-0.25, -0.2) is 9.79 Å². The summed E-state index contributed by atoms with van der Waals surface area (Å²) in [6.45, 7) is 3.94. The van der Waals surface area contributed by atoms with Crippen LogP contribution in [0.1, 0.15) is 18.1 Å². The molecule has 0 bridgehead atoms. The topological polar surface area (TPSA) is 58.9 Å². The first kappa shape index (κ1) is 18.0. The lowest BCUT2D eigenvalue weighted by Crippen LogP contribution is -2.12. The Hall–Kier alpha value is -2.79. The van der Waals surface area contributed by atoms with Gasteiger partial charge in [-0.05, 0) is 43.2 Å². The van der Waals surface area contributed by atoms with Crippen molar-refractivity contribution in [3.63, 3.8) is 0 Å². The fourth-order valence-corrected chi connectivity index (χ4v) is 3.54. The van der Waals surface area contributed by atoms with Crippen LogP contribution in [0.4, 0.5) is 5.69 Å². The summed E-state index contributed by atoms with van der Waals surface area (Å²) in [5, 5.41) is 11.1. The number of aryl methyl sites for hydroxylation is 1. The van der Waals surface area contributed by atoms with E-state index in [0.29, 0.717) is 9.95 Å². The molecule has 3 rings (SSSR count). The minimum Gasteiger partial charge on any atom is -0.506 e. The molecular weight excluding hydrogens is 346 g/mol. The second-order valence-electron chi connectivity index (χ2n) is 5.72. The lowest BCUT2D eigenvalue weighted by Gasteiger charge is -2.04. The average molecular weight is 365 g/mol. The molecule has 0 atom stereocenters. The molecule has 26 heavy (non-hydrogen) atoms. The summed E-state index contributed by atoms with van der Waals surface area (Å²) >= 11 is 1.26. The zero-order valence-electron chi connectivity index (χ0n) is 14.6. The number of benzene rings is 2. The van der Waals surface area contributed by atoms with Crippen LogP contribution >= 0.6 is 11.8 Å². The highest BCUT2D eigenvalue weighted by Crippen LogP contribution is 2.40. The molecule has 1 heterocycles. The third-order valence-corrected chi connectivity index (χ3v) is 4.72. The quantitative estimate of drug-likeness (QED) is 0.758. The van der Waals surface area contributed by atoms with Gasteiger partial charge in [0.25, 0.3) is 0 Å². The SMILES string of the molecule is CCOC(=O)C1=C(O)C(=Cc2ccccc2)SC1=Nc1cccc(C)c1. The first-order chi connectivity index (χ1) is 12.6. The number of esters is 1. The molecule has 0 saturated heterocycles. The minimum atomic E-state index is -0.569. The molecule has 0 amide bonds. The molecule has 1 aliphatic heterocycles. The number of aliphatic hydroxyl groups excluding tert-OH is 1. The Balaban J connectivity index is 2.04. The number of aliphatic imine (C=N–C) groups is 1. The maximum atomic E-state index is 12.4. The fraction of sp³-hybridized carbons (Fsp3) is 0.143. The summed E-state index contributed by atoms with van der Waals surface area (Å²) in [6.07, 6.45) is 1.83.